The summed E-state index contributed by atoms with van der Waals surface area (Å²) in [4.78, 5) is 62.1. The molecule has 0 unspecified atom stereocenters. The van der Waals surface area contributed by atoms with Crippen molar-refractivity contribution >= 4 is 0 Å². The van der Waals surface area contributed by atoms with Crippen LogP contribution in [-0.2, 0) is 0 Å². The zero-order valence-electron chi connectivity index (χ0n) is 65.8. The first-order chi connectivity index (χ1) is 56.4. The average Bonchev–Trinajstić information content (AvgIpc) is 0.751. The number of aromatic nitrogens is 12. The lowest BCUT2D eigenvalue weighted by Crippen LogP contribution is -2.16. The third-order valence-corrected chi connectivity index (χ3v) is 26.0. The van der Waals surface area contributed by atoms with Gasteiger partial charge in [0.25, 0.3) is 0 Å². The molecule has 6 aromatic heterocycles. The van der Waals surface area contributed by atoms with Crippen molar-refractivity contribution in [2.45, 2.75) is 228 Å². The van der Waals surface area contributed by atoms with Crippen LogP contribution in [0.3, 0.4) is 0 Å². The molecule has 0 spiro atoms. The van der Waals surface area contributed by atoms with Gasteiger partial charge in [-0.2, -0.15) is 0 Å². The molecule has 7 aromatic carbocycles. The lowest BCUT2D eigenvalue weighted by Gasteiger charge is -2.24. The van der Waals surface area contributed by atoms with Gasteiger partial charge in [-0.05, 0) is 198 Å². The molecule has 6 saturated carbocycles. The van der Waals surface area contributed by atoms with Gasteiger partial charge in [-0.25, -0.2) is 44.9 Å². The lowest BCUT2D eigenvalue weighted by atomic mass is 9.86. The summed E-state index contributed by atoms with van der Waals surface area (Å²) in [5.41, 5.74) is 22.3. The van der Waals surface area contributed by atoms with E-state index in [2.05, 4.69) is 200 Å². The molecule has 6 fully saturated rings. The Balaban J connectivity index is 0.642. The molecule has 6 aliphatic rings. The standard InChI is InChI=1S/C102H102N12/c1-7-25-73(26-8-1)94-106-95(74-27-9-2-10-28-74)110-100(109-94)79-55-58-91(103-64-79)70-49-43-67(44-50-70)85-37-19-22-40-88(85)82-61-83(89-41-23-20-38-86(89)68-45-51-71(52-46-68)92-59-56-80(65-104-92)101-111-96(75-29-11-3-12-30-75)107-97(112-101)76-31-13-4-14-32-76)63-84(62-82)90-42-24-21-39-87(90)69-47-53-72(54-48-69)93-60-57-81(66-105-93)102-113-98(77-33-15-5-16-34-77)108-99(114-102)78-35-17-6-18-36-78/h19-24,37-66,73-78H,1-18,25-36H2. The van der Waals surface area contributed by atoms with Gasteiger partial charge < -0.3 is 0 Å². The molecule has 0 aliphatic heterocycles. The molecule has 0 N–H and O–H groups in total. The van der Waals surface area contributed by atoms with E-state index in [9.17, 15) is 0 Å². The highest BCUT2D eigenvalue weighted by Gasteiger charge is 2.30. The molecule has 0 bridgehead atoms. The van der Waals surface area contributed by atoms with Crippen molar-refractivity contribution in [2.75, 3.05) is 0 Å². The molecule has 570 valence electrons. The fourth-order valence-electron chi connectivity index (χ4n) is 19.5. The van der Waals surface area contributed by atoms with E-state index >= 15 is 0 Å². The normalized spacial score (nSPS) is 17.3. The first-order valence-electron chi connectivity index (χ1n) is 43.4. The highest BCUT2D eigenvalue weighted by Crippen LogP contribution is 2.46. The summed E-state index contributed by atoms with van der Waals surface area (Å²) < 4.78 is 0. The Hall–Kier alpha value is -11.0. The van der Waals surface area contributed by atoms with E-state index in [1.165, 1.54) is 116 Å². The summed E-state index contributed by atoms with van der Waals surface area (Å²) in [7, 11) is 0. The first-order valence-corrected chi connectivity index (χ1v) is 43.4. The van der Waals surface area contributed by atoms with E-state index in [1.54, 1.807) is 0 Å². The monoisotopic (exact) mass is 1490 g/mol. The van der Waals surface area contributed by atoms with Gasteiger partial charge in [0.15, 0.2) is 17.5 Å². The van der Waals surface area contributed by atoms with E-state index in [0.717, 1.165) is 247 Å². The van der Waals surface area contributed by atoms with Gasteiger partial charge in [0.1, 0.15) is 34.9 Å². The van der Waals surface area contributed by atoms with Crippen molar-refractivity contribution in [3.05, 3.63) is 254 Å². The molecule has 0 amide bonds. The third kappa shape index (κ3) is 16.2. The van der Waals surface area contributed by atoms with Gasteiger partial charge in [-0.15, -0.1) is 0 Å². The minimum atomic E-state index is 0.399. The number of rotatable bonds is 18. The number of pyridine rings is 3. The van der Waals surface area contributed by atoms with Crippen molar-refractivity contribution in [1.29, 1.82) is 0 Å². The van der Waals surface area contributed by atoms with Crippen molar-refractivity contribution in [3.63, 3.8) is 0 Å². The van der Waals surface area contributed by atoms with Gasteiger partial charge in [-0.1, -0.05) is 261 Å². The zero-order valence-corrected chi connectivity index (χ0v) is 65.8. The van der Waals surface area contributed by atoms with Crippen LogP contribution in [0.4, 0.5) is 0 Å². The van der Waals surface area contributed by atoms with E-state index in [1.807, 2.05) is 18.6 Å². The SMILES string of the molecule is c1ccc(-c2cc(-c3ccccc3-c3ccc(-c4ccc(-c5nc(C6CCCCC6)nc(C6CCCCC6)n5)cn4)cc3)cc(-c3ccccc3-c3ccc(-c4ccc(-c5nc(C6CCCCC6)nc(C6CCCCC6)n5)cn4)cc3)c2)c(-c2ccc(-c3ccc(-c4nc(C5CCCCC5)nc(C5CCCCC5)n4)cn3)cc2)c1. The zero-order chi connectivity index (χ0) is 75.9. The molecule has 0 radical (unpaired) electrons. The fourth-order valence-corrected chi connectivity index (χ4v) is 19.5. The predicted molar refractivity (Wildman–Crippen MR) is 460 cm³/mol. The van der Waals surface area contributed by atoms with Crippen LogP contribution in [0.15, 0.2) is 219 Å². The van der Waals surface area contributed by atoms with Crippen molar-refractivity contribution in [2.24, 2.45) is 0 Å². The largest absolute Gasteiger partial charge is 0.255 e. The lowest BCUT2D eigenvalue weighted by molar-refractivity contribution is 0.409. The molecule has 114 heavy (non-hydrogen) atoms. The maximum absolute atomic E-state index is 5.22. The van der Waals surface area contributed by atoms with Crippen LogP contribution in [0.5, 0.6) is 0 Å². The number of nitrogens with zero attached hydrogens (tertiary/aromatic N) is 12. The minimum Gasteiger partial charge on any atom is -0.255 e. The molecular formula is C102H102N12. The van der Waals surface area contributed by atoms with Crippen LogP contribution in [0.2, 0.25) is 0 Å². The molecule has 12 heteroatoms. The summed E-state index contributed by atoms with van der Waals surface area (Å²) in [5, 5.41) is 0. The van der Waals surface area contributed by atoms with Crippen LogP contribution < -0.4 is 0 Å². The van der Waals surface area contributed by atoms with Crippen molar-refractivity contribution < 1.29 is 0 Å². The Kier molecular flexibility index (Phi) is 21.8. The second-order valence-corrected chi connectivity index (χ2v) is 33.6. The number of hydrogen-bond donors (Lipinski definition) is 0. The Labute approximate surface area is 672 Å². The second kappa shape index (κ2) is 34.0. The smallest absolute Gasteiger partial charge is 0.164 e. The van der Waals surface area contributed by atoms with Crippen LogP contribution in [-0.4, -0.2) is 59.8 Å². The van der Waals surface area contributed by atoms with Gasteiger partial charge in [0.05, 0.1) is 17.1 Å². The molecule has 0 atom stereocenters. The maximum atomic E-state index is 5.22. The minimum absolute atomic E-state index is 0.399. The Morgan fingerprint density at radius 2 is 0.351 bits per heavy atom. The number of benzene rings is 7. The Morgan fingerprint density at radius 3 is 0.544 bits per heavy atom. The van der Waals surface area contributed by atoms with Crippen LogP contribution in [0, 0.1) is 0 Å². The van der Waals surface area contributed by atoms with Crippen LogP contribution >= 0.6 is 0 Å². The van der Waals surface area contributed by atoms with E-state index < -0.39 is 0 Å². The Morgan fingerprint density at radius 1 is 0.167 bits per heavy atom. The number of hydrogen-bond acceptors (Lipinski definition) is 12. The van der Waals surface area contributed by atoms with E-state index in [0.29, 0.717) is 35.5 Å². The Bertz CT molecular complexity index is 4810. The quantitative estimate of drug-likeness (QED) is 0.0803. The van der Waals surface area contributed by atoms with Crippen LogP contribution in [0.1, 0.15) is 263 Å². The van der Waals surface area contributed by atoms with Gasteiger partial charge in [0, 0.05) is 87.5 Å². The summed E-state index contributed by atoms with van der Waals surface area (Å²) in [6.07, 6.45) is 42.4. The predicted octanol–water partition coefficient (Wildman–Crippen LogP) is 26.7. The highest BCUT2D eigenvalue weighted by molar-refractivity contribution is 5.94. The molecule has 6 heterocycles. The van der Waals surface area contributed by atoms with E-state index in [-0.39, 0.29) is 0 Å². The second-order valence-electron chi connectivity index (χ2n) is 33.6. The average molecular weight is 1500 g/mol. The highest BCUT2D eigenvalue weighted by atomic mass is 15.1. The van der Waals surface area contributed by atoms with E-state index in [4.69, 9.17) is 59.8 Å². The molecule has 0 saturated heterocycles. The summed E-state index contributed by atoms with van der Waals surface area (Å²) in [6, 6.07) is 73.5. The van der Waals surface area contributed by atoms with Crippen molar-refractivity contribution in [3.8, 4) is 135 Å². The summed E-state index contributed by atoms with van der Waals surface area (Å²) in [6.45, 7) is 0. The van der Waals surface area contributed by atoms with Gasteiger partial charge in [-0.3, -0.25) is 15.0 Å². The summed E-state index contributed by atoms with van der Waals surface area (Å²) >= 11 is 0. The van der Waals surface area contributed by atoms with Crippen molar-refractivity contribution in [1.82, 2.24) is 59.8 Å². The first kappa shape index (κ1) is 73.2. The van der Waals surface area contributed by atoms with Gasteiger partial charge >= 0.3 is 0 Å². The molecule has 12 nitrogen and oxygen atoms in total. The third-order valence-electron chi connectivity index (χ3n) is 26.0. The maximum Gasteiger partial charge on any atom is 0.164 e. The van der Waals surface area contributed by atoms with Crippen LogP contribution in [0.25, 0.3) is 135 Å². The molecule has 6 aliphatic carbocycles. The fraction of sp³-hybridized carbons (Fsp3) is 0.353. The topological polar surface area (TPSA) is 155 Å². The molecular weight excluding hydrogens is 1390 g/mol. The molecule has 19 rings (SSSR count). The molecule has 13 aromatic rings. The summed E-state index contributed by atoms with van der Waals surface area (Å²) in [5.74, 6) is 10.6. The van der Waals surface area contributed by atoms with Gasteiger partial charge in [0.2, 0.25) is 0 Å².